The Morgan fingerprint density at radius 2 is 1.63 bits per heavy atom. The van der Waals surface area contributed by atoms with Crippen molar-refractivity contribution in [2.24, 2.45) is 0 Å². The Balaban J connectivity index is 0.000000174. The van der Waals surface area contributed by atoms with Gasteiger partial charge in [0.1, 0.15) is 48.6 Å². The van der Waals surface area contributed by atoms with Gasteiger partial charge in [-0.1, -0.05) is 59.1 Å². The number of rotatable bonds is 11. The molecule has 10 nitrogen and oxygen atoms in total. The van der Waals surface area contributed by atoms with Gasteiger partial charge in [-0.05, 0) is 40.6 Å². The summed E-state index contributed by atoms with van der Waals surface area (Å²) >= 11 is 20.4. The van der Waals surface area contributed by atoms with E-state index in [-0.39, 0.29) is 24.8 Å². The van der Waals surface area contributed by atoms with Crippen LogP contribution in [0.4, 0.5) is 8.78 Å². The molecule has 0 aliphatic rings. The average Bonchev–Trinajstić information content (AvgIpc) is 3.90. The predicted molar refractivity (Wildman–Crippen MR) is 183 cm³/mol. The second kappa shape index (κ2) is 15.5. The van der Waals surface area contributed by atoms with Crippen LogP contribution in [0.25, 0.3) is 10.1 Å². The first-order valence-electron chi connectivity index (χ1n) is 14.7. The van der Waals surface area contributed by atoms with E-state index in [0.717, 1.165) is 38.4 Å². The van der Waals surface area contributed by atoms with E-state index in [1.807, 2.05) is 35.0 Å². The first kappa shape index (κ1) is 34.6. The third-order valence-corrected chi connectivity index (χ3v) is 9.60. The Kier molecular flexibility index (Phi) is 11.0. The zero-order valence-electron chi connectivity index (χ0n) is 25.5. The van der Waals surface area contributed by atoms with Crippen LogP contribution in [0.1, 0.15) is 22.8 Å². The number of thiophene rings is 1. The molecule has 1 N–H and O–H groups in total. The van der Waals surface area contributed by atoms with E-state index in [9.17, 15) is 13.9 Å². The van der Waals surface area contributed by atoms with Crippen molar-refractivity contribution in [2.75, 3.05) is 0 Å². The van der Waals surface area contributed by atoms with Crippen LogP contribution in [0.2, 0.25) is 15.1 Å². The lowest BCUT2D eigenvalue weighted by Crippen LogP contribution is -2.37. The number of halogens is 5. The molecule has 252 valence electrons. The van der Waals surface area contributed by atoms with E-state index in [4.69, 9.17) is 39.5 Å². The number of fused-ring (bicyclic) bond motifs is 1. The second-order valence-corrected chi connectivity index (χ2v) is 13.1. The van der Waals surface area contributed by atoms with Gasteiger partial charge in [0.25, 0.3) is 0 Å². The number of aliphatic hydroxyl groups is 1. The quantitative estimate of drug-likeness (QED) is 0.144. The van der Waals surface area contributed by atoms with Crippen molar-refractivity contribution in [3.05, 3.63) is 147 Å². The number of ether oxygens (including phenoxy) is 1. The van der Waals surface area contributed by atoms with Crippen molar-refractivity contribution >= 4 is 56.2 Å². The molecule has 1 atom stereocenters. The standard InChI is InChI=1S/C20H15Cl3N2OS.C13H12F2N6O/c21-14-4-5-16(18(23)8-14)19(9-25-7-6-24-12-25)26-10-13-11-27-20-15(13)2-1-3-17(20)22;14-10-1-2-11(12(15)3-10)13(22,4-20-8-16-6-18-20)5-21-9-17-7-19-21/h1-8,11-12,19H,9-10H2;1-3,6-9,22H,4-5H2. The van der Waals surface area contributed by atoms with Gasteiger partial charge in [0.15, 0.2) is 0 Å². The molecule has 0 aliphatic heterocycles. The number of hydrogen-bond acceptors (Lipinski definition) is 8. The van der Waals surface area contributed by atoms with Crippen LogP contribution in [0.3, 0.4) is 0 Å². The minimum atomic E-state index is -1.70. The number of imidazole rings is 1. The molecule has 49 heavy (non-hydrogen) atoms. The highest BCUT2D eigenvalue weighted by molar-refractivity contribution is 7.18. The van der Waals surface area contributed by atoms with Crippen molar-refractivity contribution in [1.82, 2.24) is 39.1 Å². The zero-order chi connectivity index (χ0) is 34.4. The van der Waals surface area contributed by atoms with E-state index in [2.05, 4.69) is 36.6 Å². The Morgan fingerprint density at radius 3 is 2.27 bits per heavy atom. The summed E-state index contributed by atoms with van der Waals surface area (Å²) in [5, 5.41) is 23.9. The fourth-order valence-corrected chi connectivity index (χ4v) is 7.02. The summed E-state index contributed by atoms with van der Waals surface area (Å²) in [5.41, 5.74) is 0.254. The maximum atomic E-state index is 14.1. The number of benzene rings is 3. The van der Waals surface area contributed by atoms with Gasteiger partial charge in [-0.3, -0.25) is 0 Å². The van der Waals surface area contributed by atoms with Crippen LogP contribution in [-0.4, -0.2) is 44.2 Å². The van der Waals surface area contributed by atoms with E-state index in [1.54, 1.807) is 29.9 Å². The van der Waals surface area contributed by atoms with Gasteiger partial charge >= 0.3 is 0 Å². The van der Waals surface area contributed by atoms with Gasteiger partial charge in [0.05, 0.1) is 42.3 Å². The molecule has 16 heteroatoms. The van der Waals surface area contributed by atoms with Crippen LogP contribution < -0.4 is 0 Å². The second-order valence-electron chi connectivity index (χ2n) is 10.9. The van der Waals surface area contributed by atoms with Crippen LogP contribution >= 0.6 is 46.1 Å². The van der Waals surface area contributed by atoms with Crippen LogP contribution in [0.5, 0.6) is 0 Å². The Hall–Kier alpha value is -4.24. The van der Waals surface area contributed by atoms with Crippen LogP contribution in [-0.2, 0) is 36.6 Å². The number of nitrogens with zero attached hydrogens (tertiary/aromatic N) is 8. The van der Waals surface area contributed by atoms with Gasteiger partial charge in [0, 0.05) is 39.6 Å². The molecule has 0 saturated carbocycles. The fourth-order valence-electron chi connectivity index (χ4n) is 5.22. The smallest absolute Gasteiger partial charge is 0.137 e. The largest absolute Gasteiger partial charge is 0.381 e. The van der Waals surface area contributed by atoms with Crippen molar-refractivity contribution < 1.29 is 18.6 Å². The molecule has 0 saturated heterocycles. The van der Waals surface area contributed by atoms with Gasteiger partial charge in [0.2, 0.25) is 0 Å². The Bertz CT molecular complexity index is 2080. The summed E-state index contributed by atoms with van der Waals surface area (Å²) in [6.07, 6.45) is 10.6. The summed E-state index contributed by atoms with van der Waals surface area (Å²) in [5.74, 6) is -1.56. The lowest BCUT2D eigenvalue weighted by molar-refractivity contribution is -0.00856. The lowest BCUT2D eigenvalue weighted by Gasteiger charge is -2.28. The average molecular weight is 744 g/mol. The molecule has 3 aromatic carbocycles. The van der Waals surface area contributed by atoms with Crippen molar-refractivity contribution in [3.63, 3.8) is 0 Å². The molecule has 1 unspecified atom stereocenters. The molecule has 7 rings (SSSR count). The first-order chi connectivity index (χ1) is 23.7. The molecule has 0 radical (unpaired) electrons. The van der Waals surface area contributed by atoms with Gasteiger partial charge < -0.3 is 14.4 Å². The highest BCUT2D eigenvalue weighted by atomic mass is 35.5. The van der Waals surface area contributed by atoms with Crippen LogP contribution in [0, 0.1) is 11.6 Å². The van der Waals surface area contributed by atoms with E-state index in [1.165, 1.54) is 40.7 Å². The highest BCUT2D eigenvalue weighted by Crippen LogP contribution is 2.35. The molecular weight excluding hydrogens is 717 g/mol. The first-order valence-corrected chi connectivity index (χ1v) is 16.7. The SMILES string of the molecule is Clc1ccc(C(Cn2ccnc2)OCc2csc3c(Cl)cccc23)c(Cl)c1.OC(Cn1cncn1)(Cn1cncn1)c1ccc(F)cc1F. The zero-order valence-corrected chi connectivity index (χ0v) is 28.5. The summed E-state index contributed by atoms with van der Waals surface area (Å²) in [7, 11) is 0. The molecule has 0 spiro atoms. The number of aromatic nitrogens is 8. The fraction of sp³-hybridized carbons (Fsp3) is 0.182. The normalized spacial score (nSPS) is 12.2. The van der Waals surface area contributed by atoms with Crippen molar-refractivity contribution in [3.8, 4) is 0 Å². The van der Waals surface area contributed by atoms with Gasteiger partial charge in [-0.25, -0.2) is 33.1 Å². The molecule has 7 aromatic rings. The molecule has 4 heterocycles. The molecular formula is C33H27Cl3F2N8O2S. The lowest BCUT2D eigenvalue weighted by atomic mass is 9.93. The maximum Gasteiger partial charge on any atom is 0.137 e. The molecule has 0 aliphatic carbocycles. The summed E-state index contributed by atoms with van der Waals surface area (Å²) < 4.78 is 39.3. The van der Waals surface area contributed by atoms with Crippen molar-refractivity contribution in [1.29, 1.82) is 0 Å². The molecule has 0 fully saturated rings. The van der Waals surface area contributed by atoms with Gasteiger partial charge in [-0.2, -0.15) is 10.2 Å². The summed E-state index contributed by atoms with van der Waals surface area (Å²) in [4.78, 5) is 11.7. The van der Waals surface area contributed by atoms with E-state index < -0.39 is 17.2 Å². The Labute approximate surface area is 298 Å². The molecule has 0 bridgehead atoms. The minimum absolute atomic E-state index is 0.0556. The van der Waals surface area contributed by atoms with Crippen LogP contribution in [0.15, 0.2) is 104 Å². The van der Waals surface area contributed by atoms with E-state index >= 15 is 0 Å². The maximum absolute atomic E-state index is 14.1. The monoisotopic (exact) mass is 742 g/mol. The predicted octanol–water partition coefficient (Wildman–Crippen LogP) is 7.75. The van der Waals surface area contributed by atoms with E-state index in [0.29, 0.717) is 23.2 Å². The Morgan fingerprint density at radius 1 is 0.878 bits per heavy atom. The topological polar surface area (TPSA) is 109 Å². The molecule has 4 aromatic heterocycles. The summed E-state index contributed by atoms with van der Waals surface area (Å²) in [6.45, 7) is 0.910. The minimum Gasteiger partial charge on any atom is -0.381 e. The third kappa shape index (κ3) is 8.50. The highest BCUT2D eigenvalue weighted by Gasteiger charge is 2.34. The third-order valence-electron chi connectivity index (χ3n) is 7.53. The van der Waals surface area contributed by atoms with Gasteiger partial charge in [-0.15, -0.1) is 11.3 Å². The van der Waals surface area contributed by atoms with Crippen molar-refractivity contribution in [2.45, 2.75) is 37.9 Å². The summed E-state index contributed by atoms with van der Waals surface area (Å²) in [6, 6.07) is 14.4. The molecule has 0 amide bonds. The number of hydrogen-bond donors (Lipinski definition) is 1.